The first kappa shape index (κ1) is 29.9. The van der Waals surface area contributed by atoms with Crippen LogP contribution >= 0.6 is 0 Å². The van der Waals surface area contributed by atoms with Crippen molar-refractivity contribution in [3.05, 3.63) is 77.4 Å². The molecule has 0 aromatic heterocycles. The van der Waals surface area contributed by atoms with Crippen molar-refractivity contribution in [2.75, 3.05) is 32.6 Å². The van der Waals surface area contributed by atoms with Crippen LogP contribution in [-0.2, 0) is 25.9 Å². The first-order valence-electron chi connectivity index (χ1n) is 12.2. The molecule has 1 N–H and O–H groups in total. The lowest BCUT2D eigenvalue weighted by atomic mass is 10.1. The highest BCUT2D eigenvalue weighted by atomic mass is 32.2. The summed E-state index contributed by atoms with van der Waals surface area (Å²) in [5.41, 5.74) is 0.989. The maximum Gasteiger partial charge on any atom is 0.416 e. The zero-order chi connectivity index (χ0) is 28.8. The van der Waals surface area contributed by atoms with E-state index >= 15 is 0 Å². The molecule has 2 amide bonds. The molecule has 2 aromatic carbocycles. The summed E-state index contributed by atoms with van der Waals surface area (Å²) in [4.78, 5) is 31.4. The zero-order valence-electron chi connectivity index (χ0n) is 22.3. The number of nitrogens with zero attached hydrogens (tertiary/aromatic N) is 3. The van der Waals surface area contributed by atoms with Crippen LogP contribution in [0.5, 0.6) is 0 Å². The number of hydrogen-bond acceptors (Lipinski definition) is 7. The highest BCUT2D eigenvalue weighted by Crippen LogP contribution is 2.19. The number of sulfone groups is 1. The summed E-state index contributed by atoms with van der Waals surface area (Å²) < 4.78 is 57.4. The predicted molar refractivity (Wildman–Crippen MR) is 143 cm³/mol. The van der Waals surface area contributed by atoms with Crippen molar-refractivity contribution < 1.29 is 31.5 Å². The van der Waals surface area contributed by atoms with Crippen LogP contribution in [0.2, 0.25) is 0 Å². The number of ether oxygens (including phenoxy) is 1. The van der Waals surface area contributed by atoms with Gasteiger partial charge in [-0.15, -0.1) is 0 Å². The van der Waals surface area contributed by atoms with Crippen molar-refractivity contribution in [3.63, 3.8) is 0 Å². The van der Waals surface area contributed by atoms with Gasteiger partial charge in [-0.05, 0) is 38.5 Å². The number of rotatable bonds is 9. The van der Waals surface area contributed by atoms with E-state index in [9.17, 15) is 26.8 Å². The molecule has 0 fully saturated rings. The second kappa shape index (κ2) is 12.5. The van der Waals surface area contributed by atoms with Gasteiger partial charge in [-0.2, -0.15) is 0 Å². The number of likely N-dealkylation sites (N-methyl/N-ethyl adjacent to an activating group) is 1. The molecule has 1 aliphatic heterocycles. The molecule has 2 aromatic rings. The number of nitrogens with one attached hydrogen (secondary N) is 1. The summed E-state index contributed by atoms with van der Waals surface area (Å²) in [6.45, 7) is 6.64. The molecule has 0 atom stereocenters. The summed E-state index contributed by atoms with van der Waals surface area (Å²) in [5, 5.41) is 2.55. The maximum atomic E-state index is 13.8. The molecule has 210 valence electrons. The van der Waals surface area contributed by atoms with Gasteiger partial charge in [0.05, 0.1) is 13.1 Å². The SMILES string of the molecule is CN(Cc1ccc(C2=NCCN2C(=O)OC(C)(C)C)cc1)C(=O)/C=C/CNCS(=O)(=O)c1c(F)cccc1F. The minimum Gasteiger partial charge on any atom is -0.443 e. The van der Waals surface area contributed by atoms with E-state index in [4.69, 9.17) is 4.74 Å². The average Bonchev–Trinajstić information content (AvgIpc) is 3.33. The monoisotopic (exact) mass is 562 g/mol. The topological polar surface area (TPSA) is 108 Å². The number of halogens is 2. The number of carbonyl (C=O) groups is 2. The Kier molecular flexibility index (Phi) is 9.57. The Morgan fingerprint density at radius 3 is 2.38 bits per heavy atom. The predicted octanol–water partition coefficient (Wildman–Crippen LogP) is 3.50. The third-order valence-corrected chi connectivity index (χ3v) is 7.10. The molecule has 12 heteroatoms. The van der Waals surface area contributed by atoms with E-state index < -0.39 is 43.9 Å². The fraction of sp³-hybridized carbons (Fsp3) is 0.370. The second-order valence-electron chi connectivity index (χ2n) is 9.89. The van der Waals surface area contributed by atoms with Gasteiger partial charge in [0.1, 0.15) is 33.8 Å². The minimum atomic E-state index is -4.23. The van der Waals surface area contributed by atoms with Crippen LogP contribution in [0, 0.1) is 11.6 Å². The van der Waals surface area contributed by atoms with Crippen LogP contribution in [0.15, 0.2) is 64.5 Å². The number of benzene rings is 2. The van der Waals surface area contributed by atoms with E-state index in [1.54, 1.807) is 27.8 Å². The van der Waals surface area contributed by atoms with E-state index in [0.29, 0.717) is 25.5 Å². The van der Waals surface area contributed by atoms with Crippen LogP contribution in [0.4, 0.5) is 13.6 Å². The van der Waals surface area contributed by atoms with Crippen LogP contribution in [0.25, 0.3) is 0 Å². The number of amidine groups is 1. The first-order valence-corrected chi connectivity index (χ1v) is 13.9. The molecule has 0 unspecified atom stereocenters. The molecule has 0 saturated carbocycles. The van der Waals surface area contributed by atoms with E-state index in [1.807, 2.05) is 24.3 Å². The van der Waals surface area contributed by atoms with Crippen molar-refractivity contribution in [1.82, 2.24) is 15.1 Å². The Bertz CT molecular complexity index is 1350. The molecular weight excluding hydrogens is 530 g/mol. The Hall–Kier alpha value is -3.64. The van der Waals surface area contributed by atoms with E-state index in [-0.39, 0.29) is 12.5 Å². The van der Waals surface area contributed by atoms with Gasteiger partial charge in [-0.1, -0.05) is 36.4 Å². The largest absolute Gasteiger partial charge is 0.443 e. The lowest BCUT2D eigenvalue weighted by molar-refractivity contribution is -0.125. The number of hydrogen-bond donors (Lipinski definition) is 1. The Labute approximate surface area is 227 Å². The molecule has 1 heterocycles. The second-order valence-corrected chi connectivity index (χ2v) is 11.8. The molecule has 0 bridgehead atoms. The van der Waals surface area contributed by atoms with Gasteiger partial charge in [-0.3, -0.25) is 20.0 Å². The quantitative estimate of drug-likeness (QED) is 0.370. The Balaban J connectivity index is 1.50. The molecule has 0 aliphatic carbocycles. The van der Waals surface area contributed by atoms with E-state index in [2.05, 4.69) is 10.3 Å². The van der Waals surface area contributed by atoms with Gasteiger partial charge < -0.3 is 9.64 Å². The molecule has 39 heavy (non-hydrogen) atoms. The normalized spacial score (nSPS) is 14.0. The van der Waals surface area contributed by atoms with Gasteiger partial charge >= 0.3 is 6.09 Å². The summed E-state index contributed by atoms with van der Waals surface area (Å²) in [6, 6.07) is 10.2. The molecular formula is C27H32F2N4O5S. The van der Waals surface area contributed by atoms with Gasteiger partial charge in [0.2, 0.25) is 5.91 Å². The summed E-state index contributed by atoms with van der Waals surface area (Å²) in [7, 11) is -2.62. The van der Waals surface area contributed by atoms with Crippen LogP contribution in [0.1, 0.15) is 31.9 Å². The highest BCUT2D eigenvalue weighted by molar-refractivity contribution is 7.91. The van der Waals surface area contributed by atoms with Gasteiger partial charge in [-0.25, -0.2) is 22.0 Å². The summed E-state index contributed by atoms with van der Waals surface area (Å²) in [6.07, 6.45) is 2.26. The van der Waals surface area contributed by atoms with Crippen LogP contribution < -0.4 is 5.32 Å². The van der Waals surface area contributed by atoms with Crippen molar-refractivity contribution >= 4 is 27.7 Å². The molecule has 1 aliphatic rings. The summed E-state index contributed by atoms with van der Waals surface area (Å²) >= 11 is 0. The number of carbonyl (C=O) groups excluding carboxylic acids is 2. The van der Waals surface area contributed by atoms with Gasteiger partial charge in [0, 0.05) is 31.8 Å². The third-order valence-electron chi connectivity index (χ3n) is 5.51. The molecule has 0 spiro atoms. The van der Waals surface area contributed by atoms with Gasteiger partial charge in [0.25, 0.3) is 0 Å². The van der Waals surface area contributed by atoms with E-state index in [0.717, 1.165) is 29.3 Å². The van der Waals surface area contributed by atoms with E-state index in [1.165, 1.54) is 22.0 Å². The molecule has 0 radical (unpaired) electrons. The van der Waals surface area contributed by atoms with Crippen molar-refractivity contribution in [2.24, 2.45) is 4.99 Å². The highest BCUT2D eigenvalue weighted by Gasteiger charge is 2.29. The average molecular weight is 563 g/mol. The number of amides is 2. The van der Waals surface area contributed by atoms with Crippen LogP contribution in [-0.4, -0.2) is 74.2 Å². The molecule has 9 nitrogen and oxygen atoms in total. The minimum absolute atomic E-state index is 0.000160. The lowest BCUT2D eigenvalue weighted by Gasteiger charge is -2.25. The number of aliphatic imine (C=N–C) groups is 1. The molecule has 0 saturated heterocycles. The summed E-state index contributed by atoms with van der Waals surface area (Å²) in [5.74, 6) is -2.79. The lowest BCUT2D eigenvalue weighted by Crippen LogP contribution is -2.39. The van der Waals surface area contributed by atoms with Crippen molar-refractivity contribution in [1.29, 1.82) is 0 Å². The Morgan fingerprint density at radius 1 is 1.13 bits per heavy atom. The third kappa shape index (κ3) is 8.17. The fourth-order valence-corrected chi connectivity index (χ4v) is 4.98. The van der Waals surface area contributed by atoms with Crippen molar-refractivity contribution in [2.45, 2.75) is 37.8 Å². The molecule has 3 rings (SSSR count). The zero-order valence-corrected chi connectivity index (χ0v) is 23.1. The van der Waals surface area contributed by atoms with Crippen molar-refractivity contribution in [3.8, 4) is 0 Å². The maximum absolute atomic E-state index is 13.8. The smallest absolute Gasteiger partial charge is 0.416 e. The van der Waals surface area contributed by atoms with Crippen LogP contribution in [0.3, 0.4) is 0 Å². The first-order chi connectivity index (χ1) is 18.3. The standard InChI is InChI=1S/C27H32F2N4O5S/c1-27(2,3)38-26(35)33-16-15-31-25(33)20-12-10-19(11-13-20)17-32(4)23(34)9-6-14-30-18-39(36,37)24-21(28)7-5-8-22(24)29/h5-13,30H,14-18H2,1-4H3/b9-6+. The Morgan fingerprint density at radius 2 is 1.77 bits per heavy atom. The fourth-order valence-electron chi connectivity index (χ4n) is 3.72. The van der Waals surface area contributed by atoms with Gasteiger partial charge in [0.15, 0.2) is 9.84 Å².